The van der Waals surface area contributed by atoms with Crippen LogP contribution in [0.3, 0.4) is 0 Å². The van der Waals surface area contributed by atoms with Crippen molar-refractivity contribution in [1.82, 2.24) is 5.32 Å². The molecule has 2 N–H and O–H groups in total. The zero-order chi connectivity index (χ0) is 14.5. The normalized spacial score (nSPS) is 16.0. The Kier molecular flexibility index (Phi) is 10.7. The molecule has 118 valence electrons. The second kappa shape index (κ2) is 12.2. The molecule has 1 aliphatic heterocycles. The molecule has 1 unspecified atom stereocenters. The lowest BCUT2D eigenvalue weighted by Crippen LogP contribution is -2.24. The molecule has 0 aromatic heterocycles. The van der Waals surface area contributed by atoms with Crippen LogP contribution in [-0.2, 0) is 0 Å². The van der Waals surface area contributed by atoms with Crippen LogP contribution < -0.4 is 5.32 Å². The fraction of sp³-hybridized carbons (Fsp3) is 0.941. The second-order valence-electron chi connectivity index (χ2n) is 6.20. The highest BCUT2D eigenvalue weighted by atomic mass is 16.3. The summed E-state index contributed by atoms with van der Waals surface area (Å²) in [7, 11) is 0. The smallest absolute Gasteiger partial charge is 0.232 e. The maximum atomic E-state index is 9.94. The number of hydrogen-bond donors (Lipinski definition) is 2. The van der Waals surface area contributed by atoms with Gasteiger partial charge in [0.25, 0.3) is 0 Å². The molecule has 0 fully saturated rings. The Bertz CT molecular complexity index is 253. The highest BCUT2D eigenvalue weighted by molar-refractivity contribution is 5.49. The zero-order valence-electron chi connectivity index (χ0n) is 13.4. The van der Waals surface area contributed by atoms with Gasteiger partial charge in [0.1, 0.15) is 19.6 Å². The lowest BCUT2D eigenvalue weighted by Gasteiger charge is -2.09. The van der Waals surface area contributed by atoms with Gasteiger partial charge in [0, 0.05) is 0 Å². The van der Waals surface area contributed by atoms with Crippen molar-refractivity contribution >= 4 is 6.34 Å². The number of β-amino-alcohol motifs (C(OH)–C–C–N with tert-alkyl or cyclic N) is 1. The molecule has 0 saturated heterocycles. The molecular formula is C17H35N2O+. The number of nitrogens with zero attached hydrogens (tertiary/aromatic N) is 1. The predicted octanol–water partition coefficient (Wildman–Crippen LogP) is 3.30. The second-order valence-corrected chi connectivity index (χ2v) is 6.20. The summed E-state index contributed by atoms with van der Waals surface area (Å²) in [6.45, 7) is 5.12. The van der Waals surface area contributed by atoms with Crippen LogP contribution in [0.5, 0.6) is 0 Å². The topological polar surface area (TPSA) is 35.3 Å². The number of hydrogen-bond acceptors (Lipinski definition) is 2. The Balaban J connectivity index is 1.79. The van der Waals surface area contributed by atoms with Gasteiger partial charge >= 0.3 is 0 Å². The van der Waals surface area contributed by atoms with E-state index in [4.69, 9.17) is 0 Å². The minimum Gasteiger partial charge on any atom is -0.389 e. The number of nitrogens with one attached hydrogen (secondary N) is 1. The van der Waals surface area contributed by atoms with Gasteiger partial charge in [-0.1, -0.05) is 71.1 Å². The lowest BCUT2D eigenvalue weighted by atomic mass is 10.0. The van der Waals surface area contributed by atoms with Crippen molar-refractivity contribution in [3.8, 4) is 0 Å². The molecule has 0 saturated carbocycles. The van der Waals surface area contributed by atoms with Crippen LogP contribution in [0.1, 0.15) is 77.6 Å². The quantitative estimate of drug-likeness (QED) is 0.402. The van der Waals surface area contributed by atoms with Crippen LogP contribution in [0.25, 0.3) is 0 Å². The fourth-order valence-electron chi connectivity index (χ4n) is 2.84. The third kappa shape index (κ3) is 9.35. The summed E-state index contributed by atoms with van der Waals surface area (Å²) < 4.78 is 2.18. The van der Waals surface area contributed by atoms with E-state index < -0.39 is 0 Å². The van der Waals surface area contributed by atoms with Gasteiger partial charge in [-0.15, -0.1) is 0 Å². The summed E-state index contributed by atoms with van der Waals surface area (Å²) in [6, 6.07) is 0. The maximum Gasteiger partial charge on any atom is 0.232 e. The highest BCUT2D eigenvalue weighted by Gasteiger charge is 2.13. The average molecular weight is 283 g/mol. The molecule has 3 nitrogen and oxygen atoms in total. The third-order valence-electron chi connectivity index (χ3n) is 4.15. The van der Waals surface area contributed by atoms with Gasteiger partial charge in [-0.05, 0) is 6.42 Å². The molecule has 0 amide bonds. The minimum absolute atomic E-state index is 0.153. The number of aliphatic hydroxyl groups is 1. The molecule has 0 aromatic carbocycles. The van der Waals surface area contributed by atoms with Gasteiger partial charge < -0.3 is 5.11 Å². The van der Waals surface area contributed by atoms with E-state index in [1.165, 1.54) is 64.2 Å². The van der Waals surface area contributed by atoms with E-state index in [-0.39, 0.29) is 6.10 Å². The molecule has 0 radical (unpaired) electrons. The first-order chi connectivity index (χ1) is 9.83. The molecule has 0 bridgehead atoms. The number of rotatable bonds is 13. The Morgan fingerprint density at radius 2 is 1.60 bits per heavy atom. The SMILES string of the molecule is CCCCCCCCCCCCC(O)C[N+]1=CNCC1. The van der Waals surface area contributed by atoms with Crippen molar-refractivity contribution in [1.29, 1.82) is 0 Å². The summed E-state index contributed by atoms with van der Waals surface area (Å²) in [4.78, 5) is 0. The largest absolute Gasteiger partial charge is 0.389 e. The van der Waals surface area contributed by atoms with Crippen LogP contribution in [0.4, 0.5) is 0 Å². The van der Waals surface area contributed by atoms with Crippen LogP contribution >= 0.6 is 0 Å². The van der Waals surface area contributed by atoms with Crippen molar-refractivity contribution in [2.75, 3.05) is 19.6 Å². The molecule has 1 rings (SSSR count). The lowest BCUT2D eigenvalue weighted by molar-refractivity contribution is -0.523. The Labute approximate surface area is 125 Å². The molecular weight excluding hydrogens is 248 g/mol. The van der Waals surface area contributed by atoms with Gasteiger partial charge in [0.05, 0.1) is 6.10 Å². The average Bonchev–Trinajstić information content (AvgIpc) is 2.93. The van der Waals surface area contributed by atoms with Crippen molar-refractivity contribution in [3.63, 3.8) is 0 Å². The van der Waals surface area contributed by atoms with E-state index in [1.54, 1.807) is 0 Å². The molecule has 1 heterocycles. The summed E-state index contributed by atoms with van der Waals surface area (Å²) in [5.41, 5.74) is 0. The molecule has 0 aliphatic carbocycles. The van der Waals surface area contributed by atoms with Crippen LogP contribution in [-0.4, -0.2) is 41.8 Å². The van der Waals surface area contributed by atoms with Crippen LogP contribution in [0.2, 0.25) is 0 Å². The summed E-state index contributed by atoms with van der Waals surface area (Å²) in [5, 5.41) is 13.1. The van der Waals surface area contributed by atoms with Gasteiger partial charge in [0.2, 0.25) is 6.34 Å². The standard InChI is InChI=1S/C17H34N2O/c1-2-3-4-5-6-7-8-9-10-11-12-17(20)15-19-14-13-18-16-19/h16-17,20H,2-15H2,1H3/p+1. The van der Waals surface area contributed by atoms with E-state index in [0.717, 1.165) is 26.1 Å². The van der Waals surface area contributed by atoms with Crippen molar-refractivity contribution in [3.05, 3.63) is 0 Å². The van der Waals surface area contributed by atoms with Crippen molar-refractivity contribution in [2.45, 2.75) is 83.7 Å². The zero-order valence-corrected chi connectivity index (χ0v) is 13.4. The van der Waals surface area contributed by atoms with Gasteiger partial charge in [-0.3, -0.25) is 9.89 Å². The molecule has 1 atom stereocenters. The monoisotopic (exact) mass is 283 g/mol. The van der Waals surface area contributed by atoms with E-state index in [0.29, 0.717) is 0 Å². The van der Waals surface area contributed by atoms with E-state index in [9.17, 15) is 5.11 Å². The molecule has 3 heteroatoms. The van der Waals surface area contributed by atoms with Crippen molar-refractivity contribution < 1.29 is 9.68 Å². The number of unbranched alkanes of at least 4 members (excludes halogenated alkanes) is 9. The van der Waals surface area contributed by atoms with Gasteiger partial charge in [0.15, 0.2) is 0 Å². The first-order valence-electron chi connectivity index (χ1n) is 8.81. The molecule has 1 aliphatic rings. The first kappa shape index (κ1) is 17.5. The van der Waals surface area contributed by atoms with Gasteiger partial charge in [-0.2, -0.15) is 0 Å². The van der Waals surface area contributed by atoms with Crippen molar-refractivity contribution in [2.24, 2.45) is 0 Å². The minimum atomic E-state index is -0.153. The summed E-state index contributed by atoms with van der Waals surface area (Å²) >= 11 is 0. The van der Waals surface area contributed by atoms with Crippen LogP contribution in [0, 0.1) is 0 Å². The predicted molar refractivity (Wildman–Crippen MR) is 86.5 cm³/mol. The number of aliphatic hydroxyl groups excluding tert-OH is 1. The Morgan fingerprint density at radius 1 is 1.00 bits per heavy atom. The Hall–Kier alpha value is -0.570. The Morgan fingerprint density at radius 3 is 2.15 bits per heavy atom. The third-order valence-corrected chi connectivity index (χ3v) is 4.15. The van der Waals surface area contributed by atoms with Gasteiger partial charge in [-0.25, -0.2) is 0 Å². The molecule has 0 aromatic rings. The van der Waals surface area contributed by atoms with E-state index in [2.05, 4.69) is 16.8 Å². The fourth-order valence-corrected chi connectivity index (χ4v) is 2.84. The first-order valence-corrected chi connectivity index (χ1v) is 8.81. The molecule has 20 heavy (non-hydrogen) atoms. The summed E-state index contributed by atoms with van der Waals surface area (Å²) in [6.07, 6.45) is 16.4. The van der Waals surface area contributed by atoms with E-state index in [1.807, 2.05) is 6.34 Å². The van der Waals surface area contributed by atoms with Crippen LogP contribution in [0.15, 0.2) is 0 Å². The summed E-state index contributed by atoms with van der Waals surface area (Å²) in [5.74, 6) is 0. The maximum absolute atomic E-state index is 9.94. The molecule has 0 spiro atoms. The van der Waals surface area contributed by atoms with E-state index >= 15 is 0 Å². The highest BCUT2D eigenvalue weighted by Crippen LogP contribution is 2.12.